The minimum Gasteiger partial charge on any atom is -0.497 e. The molecule has 6 nitrogen and oxygen atoms in total. The second kappa shape index (κ2) is 8.90. The summed E-state index contributed by atoms with van der Waals surface area (Å²) in [6.45, 7) is 3.17. The Balaban J connectivity index is 1.47. The molecule has 0 saturated heterocycles. The van der Waals surface area contributed by atoms with Crippen molar-refractivity contribution in [2.45, 2.75) is 32.2 Å². The van der Waals surface area contributed by atoms with Gasteiger partial charge in [-0.1, -0.05) is 6.92 Å². The van der Waals surface area contributed by atoms with Gasteiger partial charge in [-0.3, -0.25) is 4.79 Å². The number of anilines is 1. The SMILES string of the molecule is CCC1c2ccsc2CCN1C(=O)CCNC(=O)Nc1ccc(OC)cc1. The fourth-order valence-electron chi connectivity index (χ4n) is 3.41. The number of carbonyl (C=O) groups is 2. The lowest BCUT2D eigenvalue weighted by Crippen LogP contribution is -2.41. The van der Waals surface area contributed by atoms with Crippen molar-refractivity contribution >= 4 is 29.0 Å². The summed E-state index contributed by atoms with van der Waals surface area (Å²) in [4.78, 5) is 28.0. The zero-order valence-corrected chi connectivity index (χ0v) is 16.5. The van der Waals surface area contributed by atoms with E-state index in [0.717, 1.165) is 25.1 Å². The number of carbonyl (C=O) groups excluding carboxylic acids is 2. The first kappa shape index (κ1) is 19.2. The van der Waals surface area contributed by atoms with Crippen LogP contribution in [0.3, 0.4) is 0 Å². The van der Waals surface area contributed by atoms with Crippen LogP contribution in [-0.2, 0) is 11.2 Å². The molecule has 0 bridgehead atoms. The van der Waals surface area contributed by atoms with Crippen LogP contribution in [0.1, 0.15) is 36.2 Å². The van der Waals surface area contributed by atoms with E-state index < -0.39 is 0 Å². The van der Waals surface area contributed by atoms with Crippen molar-refractivity contribution in [3.8, 4) is 5.75 Å². The lowest BCUT2D eigenvalue weighted by Gasteiger charge is -2.35. The fourth-order valence-corrected chi connectivity index (χ4v) is 4.34. The van der Waals surface area contributed by atoms with Crippen LogP contribution < -0.4 is 15.4 Å². The van der Waals surface area contributed by atoms with Gasteiger partial charge >= 0.3 is 6.03 Å². The number of amides is 3. The van der Waals surface area contributed by atoms with Gasteiger partial charge in [-0.25, -0.2) is 4.79 Å². The molecule has 1 aliphatic heterocycles. The smallest absolute Gasteiger partial charge is 0.319 e. The molecule has 1 aromatic heterocycles. The summed E-state index contributed by atoms with van der Waals surface area (Å²) in [5.74, 6) is 0.816. The van der Waals surface area contributed by atoms with Crippen LogP contribution >= 0.6 is 11.3 Å². The highest BCUT2D eigenvalue weighted by Gasteiger charge is 2.29. The Morgan fingerprint density at radius 1 is 1.26 bits per heavy atom. The van der Waals surface area contributed by atoms with Crippen LogP contribution in [0.4, 0.5) is 10.5 Å². The third kappa shape index (κ3) is 4.60. The summed E-state index contributed by atoms with van der Waals surface area (Å²) in [7, 11) is 1.59. The Kier molecular flexibility index (Phi) is 6.34. The van der Waals surface area contributed by atoms with E-state index in [2.05, 4.69) is 29.0 Å². The molecule has 1 atom stereocenters. The Morgan fingerprint density at radius 3 is 2.74 bits per heavy atom. The molecule has 7 heteroatoms. The van der Waals surface area contributed by atoms with Gasteiger partial charge in [0.05, 0.1) is 13.2 Å². The van der Waals surface area contributed by atoms with E-state index in [-0.39, 0.29) is 18.0 Å². The molecule has 3 amide bonds. The molecule has 27 heavy (non-hydrogen) atoms. The Morgan fingerprint density at radius 2 is 2.04 bits per heavy atom. The molecule has 0 radical (unpaired) electrons. The Bertz CT molecular complexity index is 788. The van der Waals surface area contributed by atoms with E-state index in [4.69, 9.17) is 4.74 Å². The van der Waals surface area contributed by atoms with E-state index in [9.17, 15) is 9.59 Å². The number of hydrogen-bond acceptors (Lipinski definition) is 4. The number of fused-ring (bicyclic) bond motifs is 1. The largest absolute Gasteiger partial charge is 0.497 e. The summed E-state index contributed by atoms with van der Waals surface area (Å²) in [6.07, 6.45) is 2.12. The lowest BCUT2D eigenvalue weighted by atomic mass is 9.97. The molecule has 2 N–H and O–H groups in total. The Labute approximate surface area is 163 Å². The van der Waals surface area contributed by atoms with Crippen molar-refractivity contribution in [2.75, 3.05) is 25.5 Å². The number of nitrogens with one attached hydrogen (secondary N) is 2. The normalized spacial score (nSPS) is 15.8. The summed E-state index contributed by atoms with van der Waals surface area (Å²) >= 11 is 1.77. The van der Waals surface area contributed by atoms with E-state index in [1.165, 1.54) is 10.4 Å². The van der Waals surface area contributed by atoms with Crippen molar-refractivity contribution in [1.82, 2.24) is 10.2 Å². The third-order valence-electron chi connectivity index (χ3n) is 4.77. The summed E-state index contributed by atoms with van der Waals surface area (Å²) in [5, 5.41) is 7.60. The molecule has 0 spiro atoms. The summed E-state index contributed by atoms with van der Waals surface area (Å²) in [5.41, 5.74) is 1.96. The van der Waals surface area contributed by atoms with Crippen molar-refractivity contribution in [1.29, 1.82) is 0 Å². The number of urea groups is 1. The summed E-state index contributed by atoms with van der Waals surface area (Å²) < 4.78 is 5.09. The molecule has 2 heterocycles. The number of nitrogens with zero attached hydrogens (tertiary/aromatic N) is 1. The maximum Gasteiger partial charge on any atom is 0.319 e. The monoisotopic (exact) mass is 387 g/mol. The molecular formula is C20H25N3O3S. The van der Waals surface area contributed by atoms with Gasteiger partial charge in [0.2, 0.25) is 5.91 Å². The molecule has 2 aromatic rings. The van der Waals surface area contributed by atoms with Crippen LogP contribution in [0.5, 0.6) is 5.75 Å². The van der Waals surface area contributed by atoms with Gasteiger partial charge in [-0.05, 0) is 54.1 Å². The number of hydrogen-bond donors (Lipinski definition) is 2. The second-order valence-corrected chi connectivity index (χ2v) is 7.42. The second-order valence-electron chi connectivity index (χ2n) is 6.42. The topological polar surface area (TPSA) is 70.7 Å². The average molecular weight is 388 g/mol. The van der Waals surface area contributed by atoms with Crippen LogP contribution in [0.2, 0.25) is 0 Å². The van der Waals surface area contributed by atoms with Crippen LogP contribution in [0.25, 0.3) is 0 Å². The van der Waals surface area contributed by atoms with Gasteiger partial charge in [-0.2, -0.15) is 0 Å². The predicted molar refractivity (Wildman–Crippen MR) is 107 cm³/mol. The maximum absolute atomic E-state index is 12.7. The van der Waals surface area contributed by atoms with Crippen LogP contribution in [0, 0.1) is 0 Å². The average Bonchev–Trinajstić information content (AvgIpc) is 3.16. The van der Waals surface area contributed by atoms with Gasteiger partial charge in [0.25, 0.3) is 0 Å². The third-order valence-corrected chi connectivity index (χ3v) is 5.77. The first-order chi connectivity index (χ1) is 13.1. The molecule has 144 valence electrons. The minimum absolute atomic E-state index is 0.0865. The number of methoxy groups -OCH3 is 1. The van der Waals surface area contributed by atoms with Crippen molar-refractivity contribution in [3.63, 3.8) is 0 Å². The zero-order chi connectivity index (χ0) is 19.2. The molecule has 0 saturated carbocycles. The predicted octanol–water partition coefficient (Wildman–Crippen LogP) is 3.80. The van der Waals surface area contributed by atoms with Crippen molar-refractivity contribution in [2.24, 2.45) is 0 Å². The molecule has 1 unspecified atom stereocenters. The van der Waals surface area contributed by atoms with Gasteiger partial charge < -0.3 is 20.3 Å². The highest BCUT2D eigenvalue weighted by Crippen LogP contribution is 2.35. The van der Waals surface area contributed by atoms with Crippen LogP contribution in [0.15, 0.2) is 35.7 Å². The number of ether oxygens (including phenoxy) is 1. The highest BCUT2D eigenvalue weighted by atomic mass is 32.1. The molecule has 0 fully saturated rings. The number of rotatable bonds is 6. The molecule has 3 rings (SSSR count). The molecular weight excluding hydrogens is 362 g/mol. The lowest BCUT2D eigenvalue weighted by molar-refractivity contribution is -0.134. The van der Waals surface area contributed by atoms with E-state index in [1.807, 2.05) is 4.90 Å². The number of thiophene rings is 1. The van der Waals surface area contributed by atoms with Gasteiger partial charge in [0, 0.05) is 30.1 Å². The maximum atomic E-state index is 12.7. The van der Waals surface area contributed by atoms with Gasteiger partial charge in [-0.15, -0.1) is 11.3 Å². The van der Waals surface area contributed by atoms with Gasteiger partial charge in [0.1, 0.15) is 5.75 Å². The standard InChI is InChI=1S/C20H25N3O3S/c1-3-17-16-10-13-27-18(16)9-12-23(17)19(24)8-11-21-20(25)22-14-4-6-15(26-2)7-5-14/h4-7,10,13,17H,3,8-9,11-12H2,1-2H3,(H2,21,22,25). The fraction of sp³-hybridized carbons (Fsp3) is 0.400. The first-order valence-corrected chi connectivity index (χ1v) is 10.0. The number of benzene rings is 1. The van der Waals surface area contributed by atoms with E-state index >= 15 is 0 Å². The van der Waals surface area contributed by atoms with Gasteiger partial charge in [0.15, 0.2) is 0 Å². The quantitative estimate of drug-likeness (QED) is 0.792. The van der Waals surface area contributed by atoms with E-state index in [0.29, 0.717) is 18.7 Å². The summed E-state index contributed by atoms with van der Waals surface area (Å²) in [6, 6.07) is 9.05. The Hall–Kier alpha value is -2.54. The molecule has 1 aliphatic rings. The highest BCUT2D eigenvalue weighted by molar-refractivity contribution is 7.10. The molecule has 1 aromatic carbocycles. The van der Waals surface area contributed by atoms with Crippen LogP contribution in [-0.4, -0.2) is 37.0 Å². The van der Waals surface area contributed by atoms with Crippen molar-refractivity contribution < 1.29 is 14.3 Å². The zero-order valence-electron chi connectivity index (χ0n) is 15.7. The minimum atomic E-state index is -0.321. The first-order valence-electron chi connectivity index (χ1n) is 9.17. The van der Waals surface area contributed by atoms with Crippen molar-refractivity contribution in [3.05, 3.63) is 46.2 Å². The van der Waals surface area contributed by atoms with E-state index in [1.54, 1.807) is 42.7 Å². The molecule has 0 aliphatic carbocycles.